The van der Waals surface area contributed by atoms with Gasteiger partial charge in [0.05, 0.1) is 11.8 Å². The van der Waals surface area contributed by atoms with Gasteiger partial charge in [-0.1, -0.05) is 11.6 Å². The number of nitrogens with zero attached hydrogens (tertiary/aromatic N) is 1. The largest absolute Gasteiger partial charge is 0.505 e. The highest BCUT2D eigenvalue weighted by molar-refractivity contribution is 6.31. The van der Waals surface area contributed by atoms with Crippen LogP contribution in [0.3, 0.4) is 0 Å². The second kappa shape index (κ2) is 3.83. The zero-order chi connectivity index (χ0) is 9.84. The van der Waals surface area contributed by atoms with Crippen molar-refractivity contribution in [2.24, 2.45) is 0 Å². The summed E-state index contributed by atoms with van der Waals surface area (Å²) in [7, 11) is 0. The molecule has 0 aromatic heterocycles. The fraction of sp³-hybridized carbons (Fsp3) is 0. The number of halogens is 1. The molecule has 0 aliphatic rings. The molecule has 1 aromatic carbocycles. The van der Waals surface area contributed by atoms with Crippen LogP contribution in [0.1, 0.15) is 5.56 Å². The molecule has 1 rings (SSSR count). The van der Waals surface area contributed by atoms with Crippen LogP contribution in [0, 0.1) is 11.3 Å². The maximum absolute atomic E-state index is 9.40. The van der Waals surface area contributed by atoms with E-state index in [1.54, 1.807) is 6.07 Å². The maximum atomic E-state index is 9.40. The van der Waals surface area contributed by atoms with Crippen LogP contribution < -0.4 is 5.73 Å². The first-order valence-electron chi connectivity index (χ1n) is 3.49. The Morgan fingerprint density at radius 2 is 2.23 bits per heavy atom. The molecule has 3 nitrogen and oxygen atoms in total. The summed E-state index contributed by atoms with van der Waals surface area (Å²) >= 11 is 5.69. The summed E-state index contributed by atoms with van der Waals surface area (Å²) in [4.78, 5) is 0. The average molecular weight is 195 g/mol. The number of rotatable bonds is 1. The SMILES string of the molecule is N#CC=Cc1cc(Cl)cc(N)c1O. The van der Waals surface area contributed by atoms with Crippen LogP contribution in [0.2, 0.25) is 5.02 Å². The van der Waals surface area contributed by atoms with E-state index in [-0.39, 0.29) is 11.4 Å². The number of aromatic hydroxyl groups is 1. The zero-order valence-electron chi connectivity index (χ0n) is 6.66. The summed E-state index contributed by atoms with van der Waals surface area (Å²) in [5, 5.41) is 18.1. The number of benzene rings is 1. The predicted octanol–water partition coefficient (Wildman–Crippen LogP) is 2.16. The molecule has 0 aliphatic heterocycles. The van der Waals surface area contributed by atoms with Crippen LogP contribution in [0.4, 0.5) is 5.69 Å². The molecule has 0 saturated carbocycles. The maximum Gasteiger partial charge on any atom is 0.145 e. The van der Waals surface area contributed by atoms with Gasteiger partial charge in [0.15, 0.2) is 0 Å². The molecule has 66 valence electrons. The zero-order valence-corrected chi connectivity index (χ0v) is 7.42. The van der Waals surface area contributed by atoms with Gasteiger partial charge in [0.1, 0.15) is 5.75 Å². The van der Waals surface area contributed by atoms with Gasteiger partial charge in [-0.05, 0) is 18.2 Å². The number of nitrogen functional groups attached to an aromatic ring is 1. The van der Waals surface area contributed by atoms with E-state index in [2.05, 4.69) is 0 Å². The van der Waals surface area contributed by atoms with Gasteiger partial charge in [-0.3, -0.25) is 0 Å². The van der Waals surface area contributed by atoms with E-state index in [1.807, 2.05) is 0 Å². The van der Waals surface area contributed by atoms with E-state index in [0.29, 0.717) is 10.6 Å². The van der Waals surface area contributed by atoms with E-state index in [4.69, 9.17) is 22.6 Å². The highest BCUT2D eigenvalue weighted by atomic mass is 35.5. The van der Waals surface area contributed by atoms with Crippen molar-refractivity contribution in [2.75, 3.05) is 5.73 Å². The van der Waals surface area contributed by atoms with E-state index in [1.165, 1.54) is 24.3 Å². The summed E-state index contributed by atoms with van der Waals surface area (Å²) in [6, 6.07) is 4.78. The van der Waals surface area contributed by atoms with E-state index >= 15 is 0 Å². The Morgan fingerprint density at radius 3 is 2.85 bits per heavy atom. The number of phenolic OH excluding ortho intramolecular Hbond substituents is 1. The van der Waals surface area contributed by atoms with Crippen LogP contribution in [0.15, 0.2) is 18.2 Å². The Kier molecular flexibility index (Phi) is 2.78. The molecule has 1 aromatic rings. The van der Waals surface area contributed by atoms with Gasteiger partial charge in [0, 0.05) is 16.7 Å². The van der Waals surface area contributed by atoms with Crippen molar-refractivity contribution in [2.45, 2.75) is 0 Å². The van der Waals surface area contributed by atoms with E-state index in [9.17, 15) is 5.11 Å². The lowest BCUT2D eigenvalue weighted by atomic mass is 10.1. The first-order valence-corrected chi connectivity index (χ1v) is 3.87. The van der Waals surface area contributed by atoms with Gasteiger partial charge in [0.2, 0.25) is 0 Å². The van der Waals surface area contributed by atoms with E-state index in [0.717, 1.165) is 0 Å². The average Bonchev–Trinajstić information content (AvgIpc) is 2.09. The van der Waals surface area contributed by atoms with Crippen LogP contribution in [0.5, 0.6) is 5.75 Å². The smallest absolute Gasteiger partial charge is 0.145 e. The van der Waals surface area contributed by atoms with Crippen molar-refractivity contribution in [1.82, 2.24) is 0 Å². The van der Waals surface area contributed by atoms with Gasteiger partial charge >= 0.3 is 0 Å². The second-order valence-corrected chi connectivity index (χ2v) is 2.83. The number of anilines is 1. The Balaban J connectivity index is 3.22. The summed E-state index contributed by atoms with van der Waals surface area (Å²) in [6.45, 7) is 0. The monoisotopic (exact) mass is 194 g/mol. The second-order valence-electron chi connectivity index (χ2n) is 2.40. The number of hydrogen-bond acceptors (Lipinski definition) is 3. The topological polar surface area (TPSA) is 70.0 Å². The van der Waals surface area contributed by atoms with Crippen molar-refractivity contribution in [3.8, 4) is 11.8 Å². The van der Waals surface area contributed by atoms with Gasteiger partial charge in [-0.25, -0.2) is 0 Å². The molecular formula is C9H7ClN2O. The summed E-state index contributed by atoms with van der Waals surface area (Å²) in [5.41, 5.74) is 6.08. The number of nitrogens with two attached hydrogens (primary N) is 1. The van der Waals surface area contributed by atoms with Gasteiger partial charge < -0.3 is 10.8 Å². The lowest BCUT2D eigenvalue weighted by Crippen LogP contribution is -1.87. The highest BCUT2D eigenvalue weighted by Gasteiger charge is 2.03. The van der Waals surface area contributed by atoms with Gasteiger partial charge in [-0.15, -0.1) is 0 Å². The highest BCUT2D eigenvalue weighted by Crippen LogP contribution is 2.29. The molecule has 0 amide bonds. The van der Waals surface area contributed by atoms with Crippen LogP contribution in [-0.2, 0) is 0 Å². The van der Waals surface area contributed by atoms with Crippen molar-refractivity contribution in [1.29, 1.82) is 5.26 Å². The number of nitriles is 1. The summed E-state index contributed by atoms with van der Waals surface area (Å²) in [5.74, 6) is -0.0594. The third-order valence-corrected chi connectivity index (χ3v) is 1.69. The number of phenols is 1. The molecule has 0 unspecified atom stereocenters. The van der Waals surface area contributed by atoms with E-state index < -0.39 is 0 Å². The van der Waals surface area contributed by atoms with Crippen molar-refractivity contribution >= 4 is 23.4 Å². The lowest BCUT2D eigenvalue weighted by molar-refractivity contribution is 0.477. The standard InChI is InChI=1S/C9H7ClN2O/c10-7-4-6(2-1-3-11)9(13)8(12)5-7/h1-2,4-5,13H,12H2. The van der Waals surface area contributed by atoms with Crippen LogP contribution in [-0.4, -0.2) is 5.11 Å². The Hall–Kier alpha value is -1.66. The number of hydrogen-bond donors (Lipinski definition) is 2. The molecular weight excluding hydrogens is 188 g/mol. The minimum Gasteiger partial charge on any atom is -0.505 e. The molecule has 0 radical (unpaired) electrons. The van der Waals surface area contributed by atoms with Crippen molar-refractivity contribution in [3.63, 3.8) is 0 Å². The molecule has 0 heterocycles. The van der Waals surface area contributed by atoms with Gasteiger partial charge in [0.25, 0.3) is 0 Å². The third-order valence-electron chi connectivity index (χ3n) is 1.47. The fourth-order valence-corrected chi connectivity index (χ4v) is 1.13. The summed E-state index contributed by atoms with van der Waals surface area (Å²) in [6.07, 6.45) is 2.68. The molecule has 0 bridgehead atoms. The first-order chi connectivity index (χ1) is 6.15. The van der Waals surface area contributed by atoms with Crippen molar-refractivity contribution in [3.05, 3.63) is 28.8 Å². The Labute approximate surface area is 80.7 Å². The minimum atomic E-state index is -0.0594. The molecule has 13 heavy (non-hydrogen) atoms. The van der Waals surface area contributed by atoms with Crippen molar-refractivity contribution < 1.29 is 5.11 Å². The quantitative estimate of drug-likeness (QED) is 0.409. The lowest BCUT2D eigenvalue weighted by Gasteiger charge is -2.02. The minimum absolute atomic E-state index is 0.0594. The molecule has 3 N–H and O–H groups in total. The summed E-state index contributed by atoms with van der Waals surface area (Å²) < 4.78 is 0. The third kappa shape index (κ3) is 2.14. The Morgan fingerprint density at radius 1 is 1.54 bits per heavy atom. The number of allylic oxidation sites excluding steroid dienone is 1. The Bertz CT molecular complexity index is 393. The fourth-order valence-electron chi connectivity index (χ4n) is 0.896. The van der Waals surface area contributed by atoms with Crippen LogP contribution in [0.25, 0.3) is 6.08 Å². The molecule has 0 spiro atoms. The van der Waals surface area contributed by atoms with Crippen LogP contribution >= 0.6 is 11.6 Å². The predicted molar refractivity (Wildman–Crippen MR) is 52.2 cm³/mol. The molecule has 0 atom stereocenters. The molecule has 4 heteroatoms. The normalized spacial score (nSPS) is 10.2. The molecule has 0 aliphatic carbocycles. The van der Waals surface area contributed by atoms with Gasteiger partial charge in [-0.2, -0.15) is 5.26 Å². The molecule has 0 saturated heterocycles. The first kappa shape index (κ1) is 9.43. The molecule has 0 fully saturated rings.